The number of aliphatic imine (C=N–C) groups is 1. The van der Waals surface area contributed by atoms with E-state index in [-0.39, 0.29) is 12.0 Å². The van der Waals surface area contributed by atoms with Crippen LogP contribution in [0.4, 0.5) is 5.69 Å². The maximum absolute atomic E-state index is 12.7. The van der Waals surface area contributed by atoms with Crippen LogP contribution < -0.4 is 15.5 Å². The number of nitrogens with one attached hydrogen (secondary N) is 2. The Kier molecular flexibility index (Phi) is 6.92. The van der Waals surface area contributed by atoms with Gasteiger partial charge in [-0.2, -0.15) is 0 Å². The Morgan fingerprint density at radius 1 is 1.17 bits per heavy atom. The van der Waals surface area contributed by atoms with Crippen molar-refractivity contribution in [3.63, 3.8) is 0 Å². The lowest BCUT2D eigenvalue weighted by Crippen LogP contribution is -2.45. The third kappa shape index (κ3) is 5.15. The lowest BCUT2D eigenvalue weighted by molar-refractivity contribution is -0.134. The summed E-state index contributed by atoms with van der Waals surface area (Å²) in [5, 5.41) is 6.92. The van der Waals surface area contributed by atoms with Crippen molar-refractivity contribution in [3.05, 3.63) is 42.0 Å². The van der Waals surface area contributed by atoms with Gasteiger partial charge in [0.2, 0.25) is 5.91 Å². The van der Waals surface area contributed by atoms with Gasteiger partial charge in [-0.15, -0.1) is 0 Å². The van der Waals surface area contributed by atoms with Crippen molar-refractivity contribution in [1.82, 2.24) is 15.5 Å². The monoisotopic (exact) mass is 409 g/mol. The highest BCUT2D eigenvalue weighted by atomic mass is 16.2. The standard InChI is InChI=1S/C24H35N5O/c1-2-25-24(26-17-19-8-7-11-22(16-19)28-13-5-6-14-28)27-21-12-15-29(18-21)23(30)20-9-3-4-10-20/h5-8,11,16,20-21H,2-4,9-10,12-15,17-18H2,1H3,(H2,25,26,27). The minimum Gasteiger partial charge on any atom is -0.364 e. The maximum Gasteiger partial charge on any atom is 0.225 e. The number of likely N-dealkylation sites (tertiary alicyclic amines) is 1. The van der Waals surface area contributed by atoms with Gasteiger partial charge in [0.25, 0.3) is 0 Å². The average molecular weight is 410 g/mol. The van der Waals surface area contributed by atoms with Crippen LogP contribution in [0.25, 0.3) is 0 Å². The molecule has 0 radical (unpaired) electrons. The molecule has 1 aliphatic carbocycles. The van der Waals surface area contributed by atoms with Gasteiger partial charge in [0, 0.05) is 50.4 Å². The largest absolute Gasteiger partial charge is 0.364 e. The number of anilines is 1. The Morgan fingerprint density at radius 2 is 1.97 bits per heavy atom. The van der Waals surface area contributed by atoms with Crippen molar-refractivity contribution >= 4 is 17.6 Å². The highest BCUT2D eigenvalue weighted by Crippen LogP contribution is 2.28. The van der Waals surface area contributed by atoms with Crippen LogP contribution in [-0.2, 0) is 11.3 Å². The molecule has 2 aliphatic heterocycles. The molecule has 1 atom stereocenters. The summed E-state index contributed by atoms with van der Waals surface area (Å²) in [5.74, 6) is 1.47. The highest BCUT2D eigenvalue weighted by Gasteiger charge is 2.32. The molecule has 1 aromatic rings. The van der Waals surface area contributed by atoms with Gasteiger partial charge >= 0.3 is 0 Å². The molecule has 2 N–H and O–H groups in total. The summed E-state index contributed by atoms with van der Waals surface area (Å²) in [7, 11) is 0. The van der Waals surface area contributed by atoms with Gasteiger partial charge in [0.1, 0.15) is 0 Å². The molecule has 30 heavy (non-hydrogen) atoms. The first-order valence-electron chi connectivity index (χ1n) is 11.6. The third-order valence-electron chi connectivity index (χ3n) is 6.40. The number of rotatable bonds is 6. The molecule has 4 rings (SSSR count). The highest BCUT2D eigenvalue weighted by molar-refractivity contribution is 5.81. The molecule has 1 saturated heterocycles. The second-order valence-electron chi connectivity index (χ2n) is 8.64. The Labute approximate surface area is 180 Å². The van der Waals surface area contributed by atoms with Crippen molar-refractivity contribution in [3.8, 4) is 0 Å². The van der Waals surface area contributed by atoms with Crippen LogP contribution in [-0.4, -0.2) is 55.5 Å². The predicted molar refractivity (Wildman–Crippen MR) is 123 cm³/mol. The van der Waals surface area contributed by atoms with Crippen molar-refractivity contribution in [1.29, 1.82) is 0 Å². The summed E-state index contributed by atoms with van der Waals surface area (Å²) in [6.07, 6.45) is 9.96. The molecule has 0 spiro atoms. The van der Waals surface area contributed by atoms with Crippen LogP contribution in [0.15, 0.2) is 41.4 Å². The van der Waals surface area contributed by atoms with Crippen LogP contribution in [0.3, 0.4) is 0 Å². The van der Waals surface area contributed by atoms with E-state index < -0.39 is 0 Å². The molecular weight excluding hydrogens is 374 g/mol. The van der Waals surface area contributed by atoms with Gasteiger partial charge in [-0.3, -0.25) is 4.79 Å². The minimum atomic E-state index is 0.267. The fourth-order valence-corrected chi connectivity index (χ4v) is 4.73. The van der Waals surface area contributed by atoms with E-state index in [0.717, 1.165) is 57.9 Å². The second kappa shape index (κ2) is 10.0. The van der Waals surface area contributed by atoms with E-state index in [4.69, 9.17) is 4.99 Å². The van der Waals surface area contributed by atoms with Gasteiger partial charge < -0.3 is 20.4 Å². The third-order valence-corrected chi connectivity index (χ3v) is 6.40. The zero-order chi connectivity index (χ0) is 20.8. The Hall–Kier alpha value is -2.50. The number of hydrogen-bond acceptors (Lipinski definition) is 3. The number of carbonyl (C=O) groups excluding carboxylic acids is 1. The topological polar surface area (TPSA) is 60.0 Å². The molecule has 1 unspecified atom stereocenters. The van der Waals surface area contributed by atoms with Crippen LogP contribution in [0, 0.1) is 5.92 Å². The summed E-state index contributed by atoms with van der Waals surface area (Å²) in [6.45, 7) is 7.16. The van der Waals surface area contributed by atoms with E-state index in [2.05, 4.69) is 63.8 Å². The number of benzene rings is 1. The normalized spacial score (nSPS) is 22.2. The molecule has 1 saturated carbocycles. The molecule has 6 nitrogen and oxygen atoms in total. The first kappa shape index (κ1) is 20.8. The predicted octanol–water partition coefficient (Wildman–Crippen LogP) is 2.91. The van der Waals surface area contributed by atoms with Gasteiger partial charge in [0.15, 0.2) is 5.96 Å². The summed E-state index contributed by atoms with van der Waals surface area (Å²) in [6, 6.07) is 8.92. The summed E-state index contributed by atoms with van der Waals surface area (Å²) < 4.78 is 0. The minimum absolute atomic E-state index is 0.267. The van der Waals surface area contributed by atoms with Gasteiger partial charge in [-0.25, -0.2) is 4.99 Å². The maximum atomic E-state index is 12.7. The fraction of sp³-hybridized carbons (Fsp3) is 0.583. The van der Waals surface area contributed by atoms with Gasteiger partial charge in [-0.05, 0) is 43.9 Å². The van der Waals surface area contributed by atoms with E-state index in [1.807, 2.05) is 0 Å². The molecule has 0 bridgehead atoms. The smallest absolute Gasteiger partial charge is 0.225 e. The molecule has 2 heterocycles. The van der Waals surface area contributed by atoms with E-state index in [9.17, 15) is 4.79 Å². The van der Waals surface area contributed by atoms with Crippen LogP contribution in [0.1, 0.15) is 44.6 Å². The van der Waals surface area contributed by atoms with Gasteiger partial charge in [-0.1, -0.05) is 37.1 Å². The van der Waals surface area contributed by atoms with Crippen molar-refractivity contribution in [2.45, 2.75) is 51.6 Å². The van der Waals surface area contributed by atoms with Crippen LogP contribution in [0.2, 0.25) is 0 Å². The van der Waals surface area contributed by atoms with Crippen LogP contribution in [0.5, 0.6) is 0 Å². The lowest BCUT2D eigenvalue weighted by Gasteiger charge is -2.21. The fourth-order valence-electron chi connectivity index (χ4n) is 4.73. The first-order chi connectivity index (χ1) is 14.7. The Bertz CT molecular complexity index is 776. The van der Waals surface area contributed by atoms with Gasteiger partial charge in [0.05, 0.1) is 6.54 Å². The van der Waals surface area contributed by atoms with Crippen LogP contribution >= 0.6 is 0 Å². The van der Waals surface area contributed by atoms with E-state index >= 15 is 0 Å². The summed E-state index contributed by atoms with van der Waals surface area (Å²) >= 11 is 0. The number of amides is 1. The molecular formula is C24H35N5O. The van der Waals surface area contributed by atoms with E-state index in [0.29, 0.717) is 12.5 Å². The zero-order valence-electron chi connectivity index (χ0n) is 18.1. The number of carbonyl (C=O) groups is 1. The molecule has 162 valence electrons. The second-order valence-corrected chi connectivity index (χ2v) is 8.64. The molecule has 3 aliphatic rings. The number of guanidine groups is 1. The lowest BCUT2D eigenvalue weighted by atomic mass is 10.1. The SMILES string of the molecule is CCNC(=NCc1cccc(N2CC=CC2)c1)NC1CCN(C(=O)C2CCCC2)C1. The first-order valence-corrected chi connectivity index (χ1v) is 11.6. The van der Waals surface area contributed by atoms with E-state index in [1.54, 1.807) is 0 Å². The molecule has 6 heteroatoms. The molecule has 2 fully saturated rings. The Morgan fingerprint density at radius 3 is 2.73 bits per heavy atom. The molecule has 0 aromatic heterocycles. The Balaban J connectivity index is 1.33. The summed E-state index contributed by atoms with van der Waals surface area (Å²) in [4.78, 5) is 21.9. The number of nitrogens with zero attached hydrogens (tertiary/aromatic N) is 3. The van der Waals surface area contributed by atoms with Crippen molar-refractivity contribution < 1.29 is 4.79 Å². The molecule has 1 amide bonds. The van der Waals surface area contributed by atoms with Crippen molar-refractivity contribution in [2.75, 3.05) is 37.6 Å². The van der Waals surface area contributed by atoms with E-state index in [1.165, 1.54) is 24.1 Å². The molecule has 1 aromatic carbocycles. The summed E-state index contributed by atoms with van der Waals surface area (Å²) in [5.41, 5.74) is 2.46. The average Bonchev–Trinajstić information content (AvgIpc) is 3.55. The zero-order valence-corrected chi connectivity index (χ0v) is 18.1. The number of hydrogen-bond donors (Lipinski definition) is 2. The van der Waals surface area contributed by atoms with Crippen molar-refractivity contribution in [2.24, 2.45) is 10.9 Å². The quantitative estimate of drug-likeness (QED) is 0.431.